The second-order valence-corrected chi connectivity index (χ2v) is 11.8. The monoisotopic (exact) mass is 697 g/mol. The van der Waals surface area contributed by atoms with Gasteiger partial charge in [-0.15, -0.1) is 5.10 Å². The van der Waals surface area contributed by atoms with Gasteiger partial charge in [0, 0.05) is 0 Å². The van der Waals surface area contributed by atoms with Crippen LogP contribution in [-0.4, -0.2) is 69.9 Å². The average molecular weight is 698 g/mol. The van der Waals surface area contributed by atoms with Crippen molar-refractivity contribution in [3.63, 3.8) is 0 Å². The number of ether oxygens (including phenoxy) is 5. The Morgan fingerprint density at radius 3 is 1.46 bits per heavy atom. The highest BCUT2D eigenvalue weighted by Gasteiger charge is 2.54. The molecule has 5 atom stereocenters. The van der Waals surface area contributed by atoms with Crippen LogP contribution in [0.4, 0.5) is 0 Å². The third-order valence-electron chi connectivity index (χ3n) is 8.37. The molecule has 0 saturated carbocycles. The van der Waals surface area contributed by atoms with Gasteiger partial charge in [0.25, 0.3) is 0 Å². The van der Waals surface area contributed by atoms with Crippen molar-refractivity contribution in [2.45, 2.75) is 30.6 Å². The fourth-order valence-corrected chi connectivity index (χ4v) is 5.82. The highest BCUT2D eigenvalue weighted by molar-refractivity contribution is 5.91. The standard InChI is InChI=1S/C40H31N3O9/c44-37(26-15-5-1-6-16-26)48-25-32-33(50-38(45)27-17-7-2-8-18-27)34(51-39(46)28-19-9-3-10-20-28)35(52-40(47)29-21-11-4-12-22-29)36(49-32)43-31-24-14-13-23-30(31)41-42-43/h1-24,32-36H,25H2/t32-,33-,34+,35+,36+/m1/s1. The van der Waals surface area contributed by atoms with Crippen LogP contribution in [0, 0.1) is 0 Å². The number of aromatic nitrogens is 3. The van der Waals surface area contributed by atoms with Gasteiger partial charge in [-0.2, -0.15) is 0 Å². The fourth-order valence-electron chi connectivity index (χ4n) is 5.82. The molecule has 7 rings (SSSR count). The molecule has 12 nitrogen and oxygen atoms in total. The van der Waals surface area contributed by atoms with Gasteiger partial charge in [0.05, 0.1) is 27.8 Å². The molecule has 2 heterocycles. The molecule has 52 heavy (non-hydrogen) atoms. The van der Waals surface area contributed by atoms with Crippen LogP contribution >= 0.6 is 0 Å². The molecule has 12 heteroatoms. The predicted molar refractivity (Wildman–Crippen MR) is 185 cm³/mol. The van der Waals surface area contributed by atoms with Crippen LogP contribution in [-0.2, 0) is 23.7 Å². The summed E-state index contributed by atoms with van der Waals surface area (Å²) in [6, 6.07) is 39.9. The molecule has 0 aliphatic carbocycles. The molecule has 0 unspecified atom stereocenters. The van der Waals surface area contributed by atoms with E-state index in [2.05, 4.69) is 10.3 Å². The Labute approximate surface area is 297 Å². The maximum atomic E-state index is 13.8. The number of nitrogens with zero attached hydrogens (tertiary/aromatic N) is 3. The summed E-state index contributed by atoms with van der Waals surface area (Å²) in [7, 11) is 0. The number of para-hydroxylation sites is 1. The van der Waals surface area contributed by atoms with Gasteiger partial charge in [0.2, 0.25) is 0 Å². The van der Waals surface area contributed by atoms with E-state index in [0.717, 1.165) is 0 Å². The van der Waals surface area contributed by atoms with Crippen LogP contribution in [0.15, 0.2) is 146 Å². The smallest absolute Gasteiger partial charge is 0.338 e. The number of fused-ring (bicyclic) bond motifs is 1. The van der Waals surface area contributed by atoms with Gasteiger partial charge in [0.15, 0.2) is 24.5 Å². The van der Waals surface area contributed by atoms with Crippen molar-refractivity contribution in [1.29, 1.82) is 0 Å². The van der Waals surface area contributed by atoms with E-state index >= 15 is 0 Å². The van der Waals surface area contributed by atoms with Crippen molar-refractivity contribution < 1.29 is 42.9 Å². The first-order chi connectivity index (χ1) is 25.5. The summed E-state index contributed by atoms with van der Waals surface area (Å²) >= 11 is 0. The highest BCUT2D eigenvalue weighted by atomic mass is 16.7. The summed E-state index contributed by atoms with van der Waals surface area (Å²) in [5, 5.41) is 8.59. The number of benzene rings is 5. The molecule has 260 valence electrons. The molecular weight excluding hydrogens is 666 g/mol. The number of hydrogen-bond acceptors (Lipinski definition) is 11. The van der Waals surface area contributed by atoms with E-state index < -0.39 is 61.1 Å². The van der Waals surface area contributed by atoms with Crippen molar-refractivity contribution >= 4 is 34.9 Å². The van der Waals surface area contributed by atoms with Crippen molar-refractivity contribution in [2.75, 3.05) is 6.61 Å². The topological polar surface area (TPSA) is 145 Å². The molecule has 1 saturated heterocycles. The lowest BCUT2D eigenvalue weighted by Gasteiger charge is -2.44. The van der Waals surface area contributed by atoms with Crippen molar-refractivity contribution in [2.24, 2.45) is 0 Å². The van der Waals surface area contributed by atoms with E-state index in [4.69, 9.17) is 23.7 Å². The van der Waals surface area contributed by atoms with Crippen LogP contribution in [0.5, 0.6) is 0 Å². The lowest BCUT2D eigenvalue weighted by atomic mass is 9.96. The third-order valence-corrected chi connectivity index (χ3v) is 8.37. The van der Waals surface area contributed by atoms with Crippen molar-refractivity contribution in [3.05, 3.63) is 168 Å². The Hall–Kier alpha value is -6.66. The van der Waals surface area contributed by atoms with E-state index in [1.807, 2.05) is 0 Å². The fraction of sp³-hybridized carbons (Fsp3) is 0.150. The minimum atomic E-state index is -1.52. The summed E-state index contributed by atoms with van der Waals surface area (Å²) in [6.45, 7) is -0.456. The molecule has 6 aromatic rings. The van der Waals surface area contributed by atoms with E-state index in [1.54, 1.807) is 146 Å². The van der Waals surface area contributed by atoms with Gasteiger partial charge in [-0.1, -0.05) is 90.1 Å². The van der Waals surface area contributed by atoms with Crippen LogP contribution in [0.25, 0.3) is 11.0 Å². The third kappa shape index (κ3) is 7.42. The first-order valence-electron chi connectivity index (χ1n) is 16.4. The maximum Gasteiger partial charge on any atom is 0.338 e. The second kappa shape index (κ2) is 15.5. The predicted octanol–water partition coefficient (Wildman–Crippen LogP) is 5.86. The van der Waals surface area contributed by atoms with Crippen LogP contribution in [0.1, 0.15) is 47.7 Å². The van der Waals surface area contributed by atoms with Gasteiger partial charge in [0.1, 0.15) is 18.2 Å². The summed E-state index contributed by atoms with van der Waals surface area (Å²) in [6.07, 6.45) is -7.05. The summed E-state index contributed by atoms with van der Waals surface area (Å²) in [4.78, 5) is 54.4. The molecule has 1 aliphatic rings. The molecular formula is C40H31N3O9. The number of carbonyl (C=O) groups is 4. The lowest BCUT2D eigenvalue weighted by molar-refractivity contribution is -0.251. The molecule has 1 aliphatic heterocycles. The molecule has 0 radical (unpaired) electrons. The number of esters is 4. The molecule has 5 aromatic carbocycles. The van der Waals surface area contributed by atoms with Crippen LogP contribution < -0.4 is 0 Å². The van der Waals surface area contributed by atoms with Crippen molar-refractivity contribution in [1.82, 2.24) is 15.0 Å². The second-order valence-electron chi connectivity index (χ2n) is 11.8. The largest absolute Gasteiger partial charge is 0.459 e. The molecule has 0 spiro atoms. The Morgan fingerprint density at radius 1 is 0.519 bits per heavy atom. The zero-order valence-electron chi connectivity index (χ0n) is 27.5. The average Bonchev–Trinajstić information content (AvgIpc) is 3.63. The zero-order chi connectivity index (χ0) is 35.9. The van der Waals surface area contributed by atoms with E-state index in [9.17, 15) is 19.2 Å². The van der Waals surface area contributed by atoms with Crippen molar-refractivity contribution in [3.8, 4) is 0 Å². The van der Waals surface area contributed by atoms with Gasteiger partial charge in [-0.3, -0.25) is 0 Å². The van der Waals surface area contributed by atoms with E-state index in [0.29, 0.717) is 11.0 Å². The van der Waals surface area contributed by atoms with Crippen LogP contribution in [0.2, 0.25) is 0 Å². The van der Waals surface area contributed by atoms with Gasteiger partial charge in [-0.25, -0.2) is 23.9 Å². The van der Waals surface area contributed by atoms with Gasteiger partial charge >= 0.3 is 23.9 Å². The molecule has 1 aromatic heterocycles. The zero-order valence-corrected chi connectivity index (χ0v) is 27.5. The number of carbonyl (C=O) groups excluding carboxylic acids is 4. The Morgan fingerprint density at radius 2 is 0.942 bits per heavy atom. The normalized spacial score (nSPS) is 19.7. The summed E-state index contributed by atoms with van der Waals surface area (Å²) in [5.41, 5.74) is 1.86. The van der Waals surface area contributed by atoms with Crippen LogP contribution in [0.3, 0.4) is 0 Å². The lowest BCUT2D eigenvalue weighted by Crippen LogP contribution is -2.61. The molecule has 0 bridgehead atoms. The Bertz CT molecular complexity index is 2160. The molecule has 0 amide bonds. The van der Waals surface area contributed by atoms with Gasteiger partial charge in [-0.05, 0) is 60.7 Å². The number of hydrogen-bond donors (Lipinski definition) is 0. The minimum Gasteiger partial charge on any atom is -0.459 e. The summed E-state index contributed by atoms with van der Waals surface area (Å²) in [5.74, 6) is -3.02. The summed E-state index contributed by atoms with van der Waals surface area (Å²) < 4.78 is 32.1. The van der Waals surface area contributed by atoms with E-state index in [1.165, 1.54) is 4.68 Å². The van der Waals surface area contributed by atoms with Gasteiger partial charge < -0.3 is 23.7 Å². The molecule has 0 N–H and O–H groups in total. The number of rotatable bonds is 10. The van der Waals surface area contributed by atoms with E-state index in [-0.39, 0.29) is 22.3 Å². The Balaban J connectivity index is 1.34. The Kier molecular flexibility index (Phi) is 10.1. The quantitative estimate of drug-likeness (QED) is 0.125. The first kappa shape index (κ1) is 33.8. The first-order valence-corrected chi connectivity index (χ1v) is 16.4. The maximum absolute atomic E-state index is 13.8. The minimum absolute atomic E-state index is 0.185. The highest BCUT2D eigenvalue weighted by Crippen LogP contribution is 2.37. The molecule has 1 fully saturated rings. The SMILES string of the molecule is O=C(OC[C@H]1O[C@H](n2nnc3ccccc32)[C@@H](OC(=O)c2ccccc2)[C@@H](OC(=O)c2ccccc2)[C@@H]1OC(=O)c1ccccc1)c1ccccc1.